The molecule has 3 rings (SSSR count). The van der Waals surface area contributed by atoms with Gasteiger partial charge in [0, 0.05) is 17.3 Å². The van der Waals surface area contributed by atoms with E-state index in [9.17, 15) is 9.90 Å². The Balaban J connectivity index is 2.00. The highest BCUT2D eigenvalue weighted by Crippen LogP contribution is 2.35. The third-order valence-electron chi connectivity index (χ3n) is 3.94. The number of hydrogen-bond acceptors (Lipinski definition) is 5. The maximum Gasteiger partial charge on any atom is 0.353 e. The zero-order valence-electron chi connectivity index (χ0n) is 12.8. The van der Waals surface area contributed by atoms with Gasteiger partial charge in [-0.1, -0.05) is 50.9 Å². The van der Waals surface area contributed by atoms with Crippen molar-refractivity contribution >= 4 is 54.1 Å². The lowest BCUT2D eigenvalue weighted by Crippen LogP contribution is -2.48. The van der Waals surface area contributed by atoms with E-state index in [1.165, 1.54) is 0 Å². The van der Waals surface area contributed by atoms with Crippen molar-refractivity contribution in [1.82, 2.24) is 5.32 Å². The second kappa shape index (κ2) is 7.11. The summed E-state index contributed by atoms with van der Waals surface area (Å²) in [6, 6.07) is 7.58. The van der Waals surface area contributed by atoms with E-state index in [4.69, 9.17) is 22.2 Å². The Morgan fingerprint density at radius 2 is 2.20 bits per heavy atom. The molecule has 9 heteroatoms. The molecule has 0 radical (unpaired) electrons. The smallest absolute Gasteiger partial charge is 0.353 e. The number of oxime groups is 1. The molecule has 0 aromatic heterocycles. The molecule has 2 heterocycles. The average molecular weight is 492 g/mol. The summed E-state index contributed by atoms with van der Waals surface area (Å²) >= 11 is 13.1. The van der Waals surface area contributed by atoms with E-state index >= 15 is 0 Å². The molecule has 25 heavy (non-hydrogen) atoms. The Kier molecular flexibility index (Phi) is 5.24. The molecule has 1 aromatic rings. The lowest BCUT2D eigenvalue weighted by molar-refractivity contribution is -0.133. The maximum atomic E-state index is 11.6. The van der Waals surface area contributed by atoms with E-state index in [-0.39, 0.29) is 10.7 Å². The van der Waals surface area contributed by atoms with Crippen LogP contribution in [0.25, 0.3) is 0 Å². The maximum absolute atomic E-state index is 11.6. The molecular formula is C16H14Br2ClN3O3. The molecule has 0 bridgehead atoms. The van der Waals surface area contributed by atoms with Crippen LogP contribution in [0, 0.1) is 0 Å². The first kappa shape index (κ1) is 18.4. The molecule has 0 amide bonds. The summed E-state index contributed by atoms with van der Waals surface area (Å²) in [5.41, 5.74) is 6.63. The lowest BCUT2D eigenvalue weighted by Gasteiger charge is -2.34. The van der Waals surface area contributed by atoms with Gasteiger partial charge in [-0.15, -0.1) is 0 Å². The summed E-state index contributed by atoms with van der Waals surface area (Å²) < 4.78 is 1.52. The van der Waals surface area contributed by atoms with Crippen molar-refractivity contribution in [2.24, 2.45) is 10.9 Å². The highest BCUT2D eigenvalue weighted by atomic mass is 79.9. The number of benzene rings is 1. The largest absolute Gasteiger partial charge is 0.477 e. The van der Waals surface area contributed by atoms with E-state index < -0.39 is 17.6 Å². The second-order valence-corrected chi connectivity index (χ2v) is 7.94. The fourth-order valence-corrected chi connectivity index (χ4v) is 3.78. The van der Waals surface area contributed by atoms with E-state index in [1.807, 2.05) is 24.3 Å². The molecule has 2 unspecified atom stereocenters. The van der Waals surface area contributed by atoms with Crippen molar-refractivity contribution in [2.45, 2.75) is 24.5 Å². The molecule has 132 valence electrons. The second-order valence-electron chi connectivity index (χ2n) is 5.79. The quantitative estimate of drug-likeness (QED) is 0.601. The van der Waals surface area contributed by atoms with Crippen LogP contribution in [0.4, 0.5) is 0 Å². The monoisotopic (exact) mass is 489 g/mol. The first-order valence-corrected chi connectivity index (χ1v) is 9.30. The third-order valence-corrected chi connectivity index (χ3v) is 5.73. The molecular weight excluding hydrogens is 477 g/mol. The van der Waals surface area contributed by atoms with Crippen LogP contribution in [-0.2, 0) is 16.1 Å². The fourth-order valence-electron chi connectivity index (χ4n) is 2.73. The van der Waals surface area contributed by atoms with Crippen molar-refractivity contribution in [3.8, 4) is 0 Å². The number of carbonyl (C=O) groups is 1. The van der Waals surface area contributed by atoms with Gasteiger partial charge in [0.15, 0.2) is 6.10 Å². The Bertz CT molecular complexity index is 825. The Morgan fingerprint density at radius 3 is 2.80 bits per heavy atom. The van der Waals surface area contributed by atoms with Crippen LogP contribution in [-0.4, -0.2) is 27.3 Å². The first-order chi connectivity index (χ1) is 11.8. The van der Waals surface area contributed by atoms with Crippen molar-refractivity contribution in [1.29, 1.82) is 0 Å². The van der Waals surface area contributed by atoms with Crippen LogP contribution in [0.5, 0.6) is 0 Å². The minimum Gasteiger partial charge on any atom is -0.477 e. The van der Waals surface area contributed by atoms with Gasteiger partial charge in [-0.3, -0.25) is 0 Å². The first-order valence-electron chi connectivity index (χ1n) is 7.34. The van der Waals surface area contributed by atoms with Gasteiger partial charge in [0.2, 0.25) is 0 Å². The summed E-state index contributed by atoms with van der Waals surface area (Å²) in [4.78, 5) is 16.9. The summed E-state index contributed by atoms with van der Waals surface area (Å²) in [6.45, 7) is 0. The predicted molar refractivity (Wildman–Crippen MR) is 102 cm³/mol. The Labute approximate surface area is 166 Å². The molecule has 2 atom stereocenters. The van der Waals surface area contributed by atoms with E-state index in [2.05, 4.69) is 42.3 Å². The molecule has 1 aromatic carbocycles. The van der Waals surface area contributed by atoms with Gasteiger partial charge in [-0.05, 0) is 33.6 Å². The molecule has 0 saturated heterocycles. The summed E-state index contributed by atoms with van der Waals surface area (Å²) in [5, 5.41) is 16.2. The van der Waals surface area contributed by atoms with Crippen LogP contribution in [0.3, 0.4) is 0 Å². The molecule has 0 saturated carbocycles. The summed E-state index contributed by atoms with van der Waals surface area (Å²) in [6.07, 6.45) is 2.07. The SMILES string of the molecule is NC1(Cc2ccccc2Br)C=C(C2CC(Br)=NO2)NC(C(=O)O)=C1Cl. The highest BCUT2D eigenvalue weighted by Gasteiger charge is 2.39. The third kappa shape index (κ3) is 3.76. The predicted octanol–water partition coefficient (Wildman–Crippen LogP) is 3.21. The van der Waals surface area contributed by atoms with Gasteiger partial charge in [0.1, 0.15) is 10.3 Å². The topological polar surface area (TPSA) is 96.9 Å². The zero-order valence-corrected chi connectivity index (χ0v) is 16.7. The normalized spacial score (nSPS) is 25.8. The van der Waals surface area contributed by atoms with Crippen molar-refractivity contribution < 1.29 is 14.7 Å². The van der Waals surface area contributed by atoms with E-state index in [0.29, 0.717) is 23.2 Å². The van der Waals surface area contributed by atoms with E-state index in [0.717, 1.165) is 10.0 Å². The summed E-state index contributed by atoms with van der Waals surface area (Å²) in [7, 11) is 0. The Morgan fingerprint density at radius 1 is 1.48 bits per heavy atom. The fraction of sp³-hybridized carbons (Fsp3) is 0.250. The number of dihydropyridines is 1. The molecule has 2 aliphatic heterocycles. The standard InChI is InChI=1S/C16H14Br2ClN3O3/c17-9-4-2-1-3-8(9)6-16(20)7-10(11-5-12(18)22-25-11)21-13(14(16)19)15(23)24/h1-4,7,11,21H,5-6,20H2,(H,23,24). The van der Waals surface area contributed by atoms with E-state index in [1.54, 1.807) is 6.08 Å². The number of aliphatic carboxylic acids is 1. The van der Waals surface area contributed by atoms with Crippen LogP contribution >= 0.6 is 43.5 Å². The van der Waals surface area contributed by atoms with Gasteiger partial charge in [0.05, 0.1) is 16.3 Å². The number of hydrogen-bond donors (Lipinski definition) is 3. The minimum atomic E-state index is -1.18. The number of nitrogens with one attached hydrogen (secondary N) is 1. The molecule has 2 aliphatic rings. The van der Waals surface area contributed by atoms with Gasteiger partial charge >= 0.3 is 5.97 Å². The molecule has 4 N–H and O–H groups in total. The molecule has 0 spiro atoms. The number of nitrogens with two attached hydrogens (primary N) is 1. The number of halogens is 3. The highest BCUT2D eigenvalue weighted by molar-refractivity contribution is 9.18. The van der Waals surface area contributed by atoms with Gasteiger partial charge < -0.3 is 21.0 Å². The van der Waals surface area contributed by atoms with Crippen LogP contribution in [0.1, 0.15) is 12.0 Å². The zero-order chi connectivity index (χ0) is 18.2. The van der Waals surface area contributed by atoms with Crippen LogP contribution in [0.15, 0.2) is 56.4 Å². The number of carboxylic acids is 1. The van der Waals surface area contributed by atoms with Crippen molar-refractivity contribution in [3.05, 3.63) is 56.8 Å². The molecule has 6 nitrogen and oxygen atoms in total. The van der Waals surface area contributed by atoms with Crippen LogP contribution < -0.4 is 11.1 Å². The minimum absolute atomic E-state index is 0.0393. The number of rotatable bonds is 4. The molecule has 0 fully saturated rings. The summed E-state index contributed by atoms with van der Waals surface area (Å²) in [5.74, 6) is -1.18. The lowest BCUT2D eigenvalue weighted by atomic mass is 9.86. The van der Waals surface area contributed by atoms with Crippen LogP contribution in [0.2, 0.25) is 0 Å². The van der Waals surface area contributed by atoms with Gasteiger partial charge in [-0.25, -0.2) is 4.79 Å². The average Bonchev–Trinajstić information content (AvgIpc) is 2.98. The Hall–Kier alpha value is -1.35. The van der Waals surface area contributed by atoms with Gasteiger partial charge in [0.25, 0.3) is 0 Å². The number of carboxylic acid groups (broad SMARTS) is 1. The number of nitrogens with zero attached hydrogens (tertiary/aromatic N) is 1. The van der Waals surface area contributed by atoms with Gasteiger partial charge in [-0.2, -0.15) is 0 Å². The molecule has 0 aliphatic carbocycles. The van der Waals surface area contributed by atoms with Crippen molar-refractivity contribution in [3.63, 3.8) is 0 Å². The van der Waals surface area contributed by atoms with Crippen molar-refractivity contribution in [2.75, 3.05) is 0 Å².